The van der Waals surface area contributed by atoms with Crippen molar-refractivity contribution in [3.63, 3.8) is 0 Å². The Balaban J connectivity index is 2.01. The van der Waals surface area contributed by atoms with E-state index in [1.165, 1.54) is 0 Å². The van der Waals surface area contributed by atoms with Gasteiger partial charge in [-0.25, -0.2) is 8.42 Å². The predicted molar refractivity (Wildman–Crippen MR) is 82.2 cm³/mol. The highest BCUT2D eigenvalue weighted by Crippen LogP contribution is 2.21. The molecule has 2 rings (SSSR count). The fourth-order valence-electron chi connectivity index (χ4n) is 2.79. The second kappa shape index (κ2) is 7.20. The molecule has 1 heterocycles. The van der Waals surface area contributed by atoms with E-state index < -0.39 is 10.0 Å². The average molecular weight is 296 g/mol. The molecule has 1 fully saturated rings. The molecule has 0 spiro atoms. The Labute approximate surface area is 122 Å². The van der Waals surface area contributed by atoms with Gasteiger partial charge in [-0.05, 0) is 31.9 Å². The lowest BCUT2D eigenvalue weighted by atomic mass is 10.1. The molecule has 1 N–H and O–H groups in total. The summed E-state index contributed by atoms with van der Waals surface area (Å²) in [5.41, 5.74) is 1.08. The molecule has 0 amide bonds. The first-order valence-electron chi connectivity index (χ1n) is 7.31. The van der Waals surface area contributed by atoms with E-state index in [1.54, 1.807) is 4.31 Å². The van der Waals surface area contributed by atoms with Gasteiger partial charge in [-0.2, -0.15) is 4.31 Å². The van der Waals surface area contributed by atoms with Crippen molar-refractivity contribution in [1.29, 1.82) is 0 Å². The summed E-state index contributed by atoms with van der Waals surface area (Å²) in [5, 5.41) is 3.11. The van der Waals surface area contributed by atoms with Crippen LogP contribution in [0.3, 0.4) is 0 Å². The summed E-state index contributed by atoms with van der Waals surface area (Å²) in [6.45, 7) is 1.41. The van der Waals surface area contributed by atoms with Crippen LogP contribution in [0.5, 0.6) is 0 Å². The Morgan fingerprint density at radius 2 is 2.00 bits per heavy atom. The topological polar surface area (TPSA) is 49.4 Å². The Hall–Kier alpha value is -0.910. The van der Waals surface area contributed by atoms with Gasteiger partial charge in [0.15, 0.2) is 0 Å². The van der Waals surface area contributed by atoms with Gasteiger partial charge in [0, 0.05) is 19.1 Å². The summed E-state index contributed by atoms with van der Waals surface area (Å²) in [6, 6.07) is 9.94. The van der Waals surface area contributed by atoms with Crippen LogP contribution in [0.2, 0.25) is 0 Å². The Morgan fingerprint density at radius 1 is 1.25 bits per heavy atom. The number of piperidine rings is 1. The number of hydrogen-bond donors (Lipinski definition) is 1. The minimum atomic E-state index is -3.16. The molecule has 112 valence electrons. The highest BCUT2D eigenvalue weighted by Gasteiger charge is 2.31. The number of likely N-dealkylation sites (N-methyl/N-ethyl adjacent to an activating group) is 1. The van der Waals surface area contributed by atoms with Crippen LogP contribution >= 0.6 is 0 Å². The number of rotatable bonds is 6. The van der Waals surface area contributed by atoms with E-state index in [2.05, 4.69) is 5.32 Å². The molecule has 20 heavy (non-hydrogen) atoms. The normalized spacial score (nSPS) is 20.9. The molecule has 1 aliphatic heterocycles. The first-order valence-corrected chi connectivity index (χ1v) is 8.92. The van der Waals surface area contributed by atoms with Crippen LogP contribution in [-0.4, -0.2) is 44.7 Å². The predicted octanol–water partition coefficient (Wildman–Crippen LogP) is 1.63. The van der Waals surface area contributed by atoms with Crippen LogP contribution in [0.1, 0.15) is 24.8 Å². The maximum absolute atomic E-state index is 12.5. The molecule has 0 bridgehead atoms. The van der Waals surface area contributed by atoms with Gasteiger partial charge in [-0.3, -0.25) is 0 Å². The van der Waals surface area contributed by atoms with Crippen LogP contribution in [-0.2, 0) is 16.4 Å². The highest BCUT2D eigenvalue weighted by molar-refractivity contribution is 7.89. The summed E-state index contributed by atoms with van der Waals surface area (Å²) in [5.74, 6) is 0.206. The second-order valence-corrected chi connectivity index (χ2v) is 7.41. The SMILES string of the molecule is CNCC1CCCCN1S(=O)(=O)CCc1ccccc1. The van der Waals surface area contributed by atoms with Crippen LogP contribution in [0.4, 0.5) is 0 Å². The molecule has 5 heteroatoms. The molecule has 0 aromatic heterocycles. The molecule has 0 radical (unpaired) electrons. The van der Waals surface area contributed by atoms with Crippen molar-refractivity contribution in [2.75, 3.05) is 25.9 Å². The summed E-state index contributed by atoms with van der Waals surface area (Å²) in [4.78, 5) is 0. The minimum Gasteiger partial charge on any atom is -0.318 e. The first-order chi connectivity index (χ1) is 9.63. The van der Waals surface area contributed by atoms with E-state index in [4.69, 9.17) is 0 Å². The van der Waals surface area contributed by atoms with E-state index >= 15 is 0 Å². The van der Waals surface area contributed by atoms with Gasteiger partial charge in [0.25, 0.3) is 0 Å². The zero-order valence-corrected chi connectivity index (χ0v) is 12.9. The number of benzene rings is 1. The highest BCUT2D eigenvalue weighted by atomic mass is 32.2. The largest absolute Gasteiger partial charge is 0.318 e. The van der Waals surface area contributed by atoms with Crippen molar-refractivity contribution in [3.05, 3.63) is 35.9 Å². The lowest BCUT2D eigenvalue weighted by molar-refractivity contribution is 0.249. The molecule has 1 aromatic carbocycles. The molecular formula is C15H24N2O2S. The molecule has 1 saturated heterocycles. The van der Waals surface area contributed by atoms with E-state index in [9.17, 15) is 8.42 Å². The molecule has 1 unspecified atom stereocenters. The zero-order chi connectivity index (χ0) is 14.4. The fraction of sp³-hybridized carbons (Fsp3) is 0.600. The van der Waals surface area contributed by atoms with Crippen molar-refractivity contribution in [2.24, 2.45) is 0 Å². The smallest absolute Gasteiger partial charge is 0.214 e. The van der Waals surface area contributed by atoms with E-state index in [0.717, 1.165) is 31.4 Å². The van der Waals surface area contributed by atoms with Crippen LogP contribution in [0.15, 0.2) is 30.3 Å². The number of hydrogen-bond acceptors (Lipinski definition) is 3. The van der Waals surface area contributed by atoms with Gasteiger partial charge >= 0.3 is 0 Å². The van der Waals surface area contributed by atoms with E-state index in [-0.39, 0.29) is 11.8 Å². The van der Waals surface area contributed by atoms with Gasteiger partial charge < -0.3 is 5.32 Å². The van der Waals surface area contributed by atoms with Gasteiger partial charge in [0.05, 0.1) is 5.75 Å². The number of nitrogens with zero attached hydrogens (tertiary/aromatic N) is 1. The van der Waals surface area contributed by atoms with Crippen LogP contribution < -0.4 is 5.32 Å². The van der Waals surface area contributed by atoms with Gasteiger partial charge in [-0.15, -0.1) is 0 Å². The standard InChI is InChI=1S/C15H24N2O2S/c1-16-13-15-9-5-6-11-17(15)20(18,19)12-10-14-7-3-2-4-8-14/h2-4,7-8,15-16H,5-6,9-13H2,1H3. The summed E-state index contributed by atoms with van der Waals surface area (Å²) < 4.78 is 26.8. The second-order valence-electron chi connectivity index (χ2n) is 5.37. The summed E-state index contributed by atoms with van der Waals surface area (Å²) in [7, 11) is -1.28. The van der Waals surface area contributed by atoms with Crippen LogP contribution in [0.25, 0.3) is 0 Å². The molecule has 0 aliphatic carbocycles. The van der Waals surface area contributed by atoms with Gasteiger partial charge in [0.2, 0.25) is 10.0 Å². The van der Waals surface area contributed by atoms with Crippen molar-refractivity contribution >= 4 is 10.0 Å². The Bertz CT molecular complexity index is 500. The number of aryl methyl sites for hydroxylation is 1. The third kappa shape index (κ3) is 4.04. The maximum Gasteiger partial charge on any atom is 0.214 e. The van der Waals surface area contributed by atoms with E-state index in [1.807, 2.05) is 37.4 Å². The van der Waals surface area contributed by atoms with Crippen molar-refractivity contribution < 1.29 is 8.42 Å². The zero-order valence-electron chi connectivity index (χ0n) is 12.1. The van der Waals surface area contributed by atoms with Gasteiger partial charge in [0.1, 0.15) is 0 Å². The molecule has 1 atom stereocenters. The molecule has 0 saturated carbocycles. The Kier molecular flexibility index (Phi) is 5.57. The van der Waals surface area contributed by atoms with Crippen LogP contribution in [0, 0.1) is 0 Å². The van der Waals surface area contributed by atoms with Crippen molar-refractivity contribution in [3.8, 4) is 0 Å². The lowest BCUT2D eigenvalue weighted by Gasteiger charge is -2.34. The first kappa shape index (κ1) is 15.5. The third-order valence-electron chi connectivity index (χ3n) is 3.86. The molecule has 1 aliphatic rings. The minimum absolute atomic E-state index is 0.120. The number of sulfonamides is 1. The average Bonchev–Trinajstić information content (AvgIpc) is 2.47. The quantitative estimate of drug-likeness (QED) is 0.868. The number of nitrogens with one attached hydrogen (secondary N) is 1. The lowest BCUT2D eigenvalue weighted by Crippen LogP contribution is -2.48. The summed E-state index contributed by atoms with van der Waals surface area (Å²) in [6.07, 6.45) is 3.65. The van der Waals surface area contributed by atoms with E-state index in [0.29, 0.717) is 13.0 Å². The summed E-state index contributed by atoms with van der Waals surface area (Å²) >= 11 is 0. The molecule has 4 nitrogen and oxygen atoms in total. The monoisotopic (exact) mass is 296 g/mol. The molecule has 1 aromatic rings. The Morgan fingerprint density at radius 3 is 2.70 bits per heavy atom. The maximum atomic E-state index is 12.5. The molecular weight excluding hydrogens is 272 g/mol. The van der Waals surface area contributed by atoms with Gasteiger partial charge in [-0.1, -0.05) is 36.8 Å². The fourth-order valence-corrected chi connectivity index (χ4v) is 4.56. The third-order valence-corrected chi connectivity index (χ3v) is 5.78. The van der Waals surface area contributed by atoms with Crippen molar-refractivity contribution in [1.82, 2.24) is 9.62 Å². The van der Waals surface area contributed by atoms with Crippen molar-refractivity contribution in [2.45, 2.75) is 31.7 Å².